The van der Waals surface area contributed by atoms with Gasteiger partial charge in [0, 0.05) is 26.7 Å². The Labute approximate surface area is 156 Å². The van der Waals surface area contributed by atoms with Gasteiger partial charge in [-0.15, -0.1) is 0 Å². The summed E-state index contributed by atoms with van der Waals surface area (Å²) in [7, 11) is 5.33. The number of imidazole rings is 1. The van der Waals surface area contributed by atoms with Crippen LogP contribution in [0, 0.1) is 12.7 Å². The van der Waals surface area contributed by atoms with Gasteiger partial charge in [-0.1, -0.05) is 6.07 Å². The highest BCUT2D eigenvalue weighted by Gasteiger charge is 2.28. The van der Waals surface area contributed by atoms with Crippen molar-refractivity contribution in [3.8, 4) is 5.75 Å². The molecule has 0 bridgehead atoms. The van der Waals surface area contributed by atoms with E-state index >= 15 is 0 Å². The molecule has 1 N–H and O–H groups in total. The molecule has 3 aromatic rings. The number of carbonyl (C=O) groups is 1. The van der Waals surface area contributed by atoms with E-state index in [1.807, 2.05) is 24.6 Å². The molecule has 1 unspecified atom stereocenters. The minimum absolute atomic E-state index is 0.104. The first-order valence-electron chi connectivity index (χ1n) is 8.73. The molecule has 1 aliphatic heterocycles. The Hall–Kier alpha value is -3.09. The average molecular weight is 368 g/mol. The van der Waals surface area contributed by atoms with Crippen LogP contribution in [0.1, 0.15) is 27.8 Å². The number of carbonyl (C=O) groups excluding carboxylic acids is 1. The summed E-state index contributed by atoms with van der Waals surface area (Å²) in [6, 6.07) is 8.07. The maximum absolute atomic E-state index is 14.3. The number of benzene rings is 2. The summed E-state index contributed by atoms with van der Waals surface area (Å²) in [5, 5.41) is 3.34. The van der Waals surface area contributed by atoms with Crippen molar-refractivity contribution >= 4 is 22.6 Å². The third-order valence-electron chi connectivity index (χ3n) is 4.96. The lowest BCUT2D eigenvalue weighted by Gasteiger charge is -2.17. The first-order valence-corrected chi connectivity index (χ1v) is 8.73. The SMILES string of the molecule is Cc1nc2c(NC3COc4cccc(F)c43)cc(C(=O)N(C)C)cc2n1C. The van der Waals surface area contributed by atoms with Crippen molar-refractivity contribution in [2.45, 2.75) is 13.0 Å². The number of fused-ring (bicyclic) bond motifs is 2. The first-order chi connectivity index (χ1) is 12.9. The fourth-order valence-corrected chi connectivity index (χ4v) is 3.43. The van der Waals surface area contributed by atoms with Crippen molar-refractivity contribution in [3.63, 3.8) is 0 Å². The number of aryl methyl sites for hydroxylation is 2. The van der Waals surface area contributed by atoms with Gasteiger partial charge in [0.05, 0.1) is 22.8 Å². The van der Waals surface area contributed by atoms with Crippen molar-refractivity contribution in [2.24, 2.45) is 7.05 Å². The molecule has 1 atom stereocenters. The van der Waals surface area contributed by atoms with Crippen molar-refractivity contribution in [1.29, 1.82) is 0 Å². The Balaban J connectivity index is 1.82. The summed E-state index contributed by atoms with van der Waals surface area (Å²) in [5.74, 6) is 0.961. The zero-order valence-corrected chi connectivity index (χ0v) is 15.7. The van der Waals surface area contributed by atoms with E-state index in [2.05, 4.69) is 10.3 Å². The molecular formula is C20H21FN4O2. The third-order valence-corrected chi connectivity index (χ3v) is 4.96. The lowest BCUT2D eigenvalue weighted by Crippen LogP contribution is -2.22. The van der Waals surface area contributed by atoms with Crippen LogP contribution < -0.4 is 10.1 Å². The van der Waals surface area contributed by atoms with E-state index in [0.717, 1.165) is 16.9 Å². The van der Waals surface area contributed by atoms with Crippen LogP contribution in [-0.4, -0.2) is 41.1 Å². The van der Waals surface area contributed by atoms with Crippen LogP contribution >= 0.6 is 0 Å². The summed E-state index contributed by atoms with van der Waals surface area (Å²) in [6.07, 6.45) is 0. The summed E-state index contributed by atoms with van der Waals surface area (Å²) in [6.45, 7) is 2.22. The number of halogens is 1. The molecule has 140 valence electrons. The van der Waals surface area contributed by atoms with E-state index in [1.54, 1.807) is 32.3 Å². The molecule has 1 amide bonds. The second-order valence-electron chi connectivity index (χ2n) is 6.97. The van der Waals surface area contributed by atoms with Gasteiger partial charge in [-0.3, -0.25) is 4.79 Å². The Bertz CT molecular complexity index is 1060. The molecule has 1 aliphatic rings. The molecule has 1 aromatic heterocycles. The predicted molar refractivity (Wildman–Crippen MR) is 102 cm³/mol. The Kier molecular flexibility index (Phi) is 4.02. The molecular weight excluding hydrogens is 347 g/mol. The monoisotopic (exact) mass is 368 g/mol. The topological polar surface area (TPSA) is 59.4 Å². The fraction of sp³-hybridized carbons (Fsp3) is 0.300. The van der Waals surface area contributed by atoms with E-state index in [9.17, 15) is 9.18 Å². The Morgan fingerprint density at radius 1 is 1.37 bits per heavy atom. The normalized spacial score (nSPS) is 15.5. The van der Waals surface area contributed by atoms with Crippen LogP contribution in [0.4, 0.5) is 10.1 Å². The molecule has 2 aromatic carbocycles. The third kappa shape index (κ3) is 2.79. The highest BCUT2D eigenvalue weighted by atomic mass is 19.1. The van der Waals surface area contributed by atoms with E-state index in [4.69, 9.17) is 4.74 Å². The smallest absolute Gasteiger partial charge is 0.253 e. The van der Waals surface area contributed by atoms with Gasteiger partial charge in [0.15, 0.2) is 0 Å². The number of rotatable bonds is 3. The van der Waals surface area contributed by atoms with E-state index in [-0.39, 0.29) is 17.8 Å². The van der Waals surface area contributed by atoms with Crippen molar-refractivity contribution < 1.29 is 13.9 Å². The number of aromatic nitrogens is 2. The highest BCUT2D eigenvalue weighted by Crippen LogP contribution is 2.38. The van der Waals surface area contributed by atoms with Gasteiger partial charge in [-0.25, -0.2) is 9.37 Å². The quantitative estimate of drug-likeness (QED) is 0.771. The second kappa shape index (κ2) is 6.26. The molecule has 7 heteroatoms. The Morgan fingerprint density at radius 2 is 2.15 bits per heavy atom. The van der Waals surface area contributed by atoms with Gasteiger partial charge in [0.25, 0.3) is 5.91 Å². The molecule has 0 radical (unpaired) electrons. The van der Waals surface area contributed by atoms with Crippen molar-refractivity contribution in [1.82, 2.24) is 14.5 Å². The minimum atomic E-state index is -0.351. The second-order valence-corrected chi connectivity index (χ2v) is 6.97. The van der Waals surface area contributed by atoms with E-state index in [0.29, 0.717) is 29.2 Å². The van der Waals surface area contributed by atoms with Gasteiger partial charge in [0.1, 0.15) is 29.5 Å². The zero-order chi connectivity index (χ0) is 19.3. The molecule has 4 rings (SSSR count). The molecule has 0 aliphatic carbocycles. The van der Waals surface area contributed by atoms with Gasteiger partial charge in [-0.05, 0) is 31.2 Å². The number of nitrogens with one attached hydrogen (secondary N) is 1. The number of anilines is 1. The maximum Gasteiger partial charge on any atom is 0.253 e. The first kappa shape index (κ1) is 17.3. The van der Waals surface area contributed by atoms with Crippen LogP contribution in [-0.2, 0) is 7.05 Å². The molecule has 0 saturated heterocycles. The van der Waals surface area contributed by atoms with E-state index in [1.165, 1.54) is 11.0 Å². The number of amides is 1. The minimum Gasteiger partial charge on any atom is -0.491 e. The molecule has 2 heterocycles. The summed E-state index contributed by atoms with van der Waals surface area (Å²) < 4.78 is 21.9. The van der Waals surface area contributed by atoms with Gasteiger partial charge >= 0.3 is 0 Å². The van der Waals surface area contributed by atoms with Gasteiger partial charge < -0.3 is 19.5 Å². The van der Waals surface area contributed by atoms with Crippen LogP contribution in [0.15, 0.2) is 30.3 Å². The van der Waals surface area contributed by atoms with Crippen molar-refractivity contribution in [2.75, 3.05) is 26.0 Å². The largest absolute Gasteiger partial charge is 0.491 e. The van der Waals surface area contributed by atoms with E-state index < -0.39 is 0 Å². The van der Waals surface area contributed by atoms with Crippen molar-refractivity contribution in [3.05, 3.63) is 53.1 Å². The number of hydrogen-bond acceptors (Lipinski definition) is 4. The molecule has 0 saturated carbocycles. The number of ether oxygens (including phenoxy) is 1. The molecule has 6 nitrogen and oxygen atoms in total. The molecule has 0 spiro atoms. The summed E-state index contributed by atoms with van der Waals surface area (Å²) in [4.78, 5) is 18.7. The fourth-order valence-electron chi connectivity index (χ4n) is 3.43. The predicted octanol–water partition coefficient (Wildman–Crippen LogP) is 3.27. The lowest BCUT2D eigenvalue weighted by molar-refractivity contribution is 0.0828. The van der Waals surface area contributed by atoms with Crippen LogP contribution in [0.25, 0.3) is 11.0 Å². The Morgan fingerprint density at radius 3 is 2.89 bits per heavy atom. The number of nitrogens with zero attached hydrogens (tertiary/aromatic N) is 3. The summed E-state index contributed by atoms with van der Waals surface area (Å²) >= 11 is 0. The van der Waals surface area contributed by atoms with Gasteiger partial charge in [-0.2, -0.15) is 0 Å². The highest BCUT2D eigenvalue weighted by molar-refractivity contribution is 6.01. The molecule has 27 heavy (non-hydrogen) atoms. The summed E-state index contributed by atoms with van der Waals surface area (Å²) in [5.41, 5.74) is 3.32. The zero-order valence-electron chi connectivity index (χ0n) is 15.7. The van der Waals surface area contributed by atoms with Crippen LogP contribution in [0.2, 0.25) is 0 Å². The van der Waals surface area contributed by atoms with Crippen LogP contribution in [0.3, 0.4) is 0 Å². The molecule has 0 fully saturated rings. The van der Waals surface area contributed by atoms with Gasteiger partial charge in [0.2, 0.25) is 0 Å². The lowest BCUT2D eigenvalue weighted by atomic mass is 10.1. The standard InChI is InChI=1S/C20H21FN4O2/c1-11-22-19-14(8-12(20(26)24(2)3)9-16(19)25(11)4)23-15-10-27-17-7-5-6-13(21)18(15)17/h5-9,15,23H,10H2,1-4H3. The van der Waals surface area contributed by atoms with Crippen LogP contribution in [0.5, 0.6) is 5.75 Å². The maximum atomic E-state index is 14.3. The number of hydrogen-bond donors (Lipinski definition) is 1. The average Bonchev–Trinajstić information content (AvgIpc) is 3.17.